The van der Waals surface area contributed by atoms with Crippen molar-refractivity contribution in [2.45, 2.75) is 25.2 Å². The van der Waals surface area contributed by atoms with Gasteiger partial charge in [0.1, 0.15) is 12.6 Å². The van der Waals surface area contributed by atoms with Gasteiger partial charge in [0.15, 0.2) is 0 Å². The number of amides is 2. The SMILES string of the molecule is CNC(=O)[C@H](Cc1ccccc1)N(Cc1ccccc1)C(=O)CN(c1ccc(Cl)c(C(F)(F)F)c1)S(C)(=O)=O. The third-order valence-electron chi connectivity index (χ3n) is 5.94. The highest BCUT2D eigenvalue weighted by atomic mass is 35.5. The Hall–Kier alpha value is -3.57. The maximum atomic E-state index is 13.8. The van der Waals surface area contributed by atoms with Crippen molar-refractivity contribution in [1.29, 1.82) is 0 Å². The summed E-state index contributed by atoms with van der Waals surface area (Å²) in [6.45, 7) is -0.885. The first kappa shape index (κ1) is 30.0. The number of carbonyl (C=O) groups is 2. The summed E-state index contributed by atoms with van der Waals surface area (Å²) in [5.74, 6) is -1.27. The third-order valence-corrected chi connectivity index (χ3v) is 7.41. The lowest BCUT2D eigenvalue weighted by Crippen LogP contribution is -2.52. The molecule has 0 aliphatic heterocycles. The van der Waals surface area contributed by atoms with Gasteiger partial charge in [0.05, 0.1) is 22.5 Å². The molecule has 0 radical (unpaired) electrons. The number of hydrogen-bond donors (Lipinski definition) is 1. The van der Waals surface area contributed by atoms with Crippen LogP contribution in [0.3, 0.4) is 0 Å². The molecule has 3 aromatic carbocycles. The van der Waals surface area contributed by atoms with Gasteiger partial charge in [0.25, 0.3) is 0 Å². The van der Waals surface area contributed by atoms with Gasteiger partial charge in [-0.05, 0) is 29.3 Å². The van der Waals surface area contributed by atoms with Crippen molar-refractivity contribution in [2.75, 3.05) is 24.2 Å². The summed E-state index contributed by atoms with van der Waals surface area (Å²) in [5, 5.41) is 1.94. The van der Waals surface area contributed by atoms with Crippen LogP contribution >= 0.6 is 11.6 Å². The Morgan fingerprint density at radius 2 is 1.51 bits per heavy atom. The maximum Gasteiger partial charge on any atom is 0.417 e. The standard InChI is InChI=1S/C27H27ClF3N3O4S/c1-32-26(36)24(15-19-9-5-3-6-10-19)33(17-20-11-7-4-8-12-20)25(35)18-34(39(2,37)38)21-13-14-23(28)22(16-21)27(29,30)31/h3-14,16,24H,15,17-18H2,1-2H3,(H,32,36)/t24-/m0/s1. The van der Waals surface area contributed by atoms with Crippen molar-refractivity contribution in [2.24, 2.45) is 0 Å². The fourth-order valence-corrected chi connectivity index (χ4v) is 5.07. The molecular weight excluding hydrogens is 555 g/mol. The third kappa shape index (κ3) is 7.96. The van der Waals surface area contributed by atoms with Crippen molar-refractivity contribution in [3.63, 3.8) is 0 Å². The monoisotopic (exact) mass is 581 g/mol. The topological polar surface area (TPSA) is 86.8 Å². The van der Waals surface area contributed by atoms with E-state index in [9.17, 15) is 31.2 Å². The van der Waals surface area contributed by atoms with Crippen LogP contribution in [0.1, 0.15) is 16.7 Å². The van der Waals surface area contributed by atoms with E-state index in [-0.39, 0.29) is 18.7 Å². The van der Waals surface area contributed by atoms with Crippen LogP contribution in [0.5, 0.6) is 0 Å². The quantitative estimate of drug-likeness (QED) is 0.382. The van der Waals surface area contributed by atoms with E-state index in [1.807, 2.05) is 0 Å². The van der Waals surface area contributed by atoms with Crippen LogP contribution in [0.4, 0.5) is 18.9 Å². The highest BCUT2D eigenvalue weighted by Gasteiger charge is 2.36. The van der Waals surface area contributed by atoms with Crippen LogP contribution < -0.4 is 9.62 Å². The molecule has 0 heterocycles. The fourth-order valence-electron chi connectivity index (χ4n) is 4.00. The first-order valence-electron chi connectivity index (χ1n) is 11.7. The fraction of sp³-hybridized carbons (Fsp3) is 0.259. The zero-order valence-electron chi connectivity index (χ0n) is 21.2. The minimum absolute atomic E-state index is 0.0450. The van der Waals surface area contributed by atoms with E-state index >= 15 is 0 Å². The molecule has 0 fully saturated rings. The van der Waals surface area contributed by atoms with Crippen molar-refractivity contribution < 1.29 is 31.2 Å². The second kappa shape index (κ2) is 12.5. The summed E-state index contributed by atoms with van der Waals surface area (Å²) in [4.78, 5) is 28.0. The lowest BCUT2D eigenvalue weighted by molar-refractivity contribution is -0.139. The van der Waals surface area contributed by atoms with E-state index in [4.69, 9.17) is 11.6 Å². The van der Waals surface area contributed by atoms with Crippen molar-refractivity contribution >= 4 is 39.1 Å². The average Bonchev–Trinajstić information content (AvgIpc) is 2.89. The Morgan fingerprint density at radius 3 is 2.03 bits per heavy atom. The van der Waals surface area contributed by atoms with E-state index in [1.165, 1.54) is 11.9 Å². The highest BCUT2D eigenvalue weighted by molar-refractivity contribution is 7.92. The maximum absolute atomic E-state index is 13.8. The first-order chi connectivity index (χ1) is 18.3. The van der Waals surface area contributed by atoms with E-state index in [1.54, 1.807) is 60.7 Å². The second-order valence-corrected chi connectivity index (χ2v) is 11.1. The number of halogens is 4. The van der Waals surface area contributed by atoms with Gasteiger partial charge >= 0.3 is 6.18 Å². The molecule has 208 valence electrons. The lowest BCUT2D eigenvalue weighted by Gasteiger charge is -2.33. The van der Waals surface area contributed by atoms with Crippen molar-refractivity contribution in [3.8, 4) is 0 Å². The molecule has 0 bridgehead atoms. The number of nitrogens with zero attached hydrogens (tertiary/aromatic N) is 2. The van der Waals surface area contributed by atoms with Crippen molar-refractivity contribution in [1.82, 2.24) is 10.2 Å². The minimum atomic E-state index is -4.85. The molecule has 3 aromatic rings. The molecule has 1 N–H and O–H groups in total. The van der Waals surface area contributed by atoms with Gasteiger partial charge < -0.3 is 10.2 Å². The summed E-state index contributed by atoms with van der Waals surface area (Å²) < 4.78 is 66.5. The molecule has 0 saturated carbocycles. The van der Waals surface area contributed by atoms with E-state index in [2.05, 4.69) is 5.32 Å². The van der Waals surface area contributed by atoms with Gasteiger partial charge in [-0.2, -0.15) is 13.2 Å². The number of sulfonamides is 1. The molecule has 2 amide bonds. The molecule has 39 heavy (non-hydrogen) atoms. The Morgan fingerprint density at radius 1 is 0.949 bits per heavy atom. The number of carbonyl (C=O) groups excluding carboxylic acids is 2. The Bertz CT molecular complexity index is 1400. The van der Waals surface area contributed by atoms with Crippen molar-refractivity contribution in [3.05, 3.63) is 101 Å². The van der Waals surface area contributed by atoms with Crippen LogP contribution in [0.25, 0.3) is 0 Å². The van der Waals surface area contributed by atoms with Gasteiger partial charge in [0, 0.05) is 20.0 Å². The van der Waals surface area contributed by atoms with Gasteiger partial charge in [-0.1, -0.05) is 72.3 Å². The molecule has 0 aliphatic rings. The number of likely N-dealkylation sites (N-methyl/N-ethyl adjacent to an activating group) is 1. The highest BCUT2D eigenvalue weighted by Crippen LogP contribution is 2.37. The zero-order chi connectivity index (χ0) is 28.8. The number of rotatable bonds is 10. The van der Waals surface area contributed by atoms with E-state index < -0.39 is 51.2 Å². The van der Waals surface area contributed by atoms with Crippen LogP contribution in [-0.2, 0) is 38.8 Å². The Kier molecular flexibility index (Phi) is 9.63. The van der Waals surface area contributed by atoms with Gasteiger partial charge in [-0.3, -0.25) is 13.9 Å². The normalized spacial score (nSPS) is 12.5. The molecule has 1 atom stereocenters. The Labute approximate surface area is 230 Å². The molecule has 12 heteroatoms. The number of alkyl halides is 3. The predicted octanol–water partition coefficient (Wildman–Crippen LogP) is 4.51. The van der Waals surface area contributed by atoms with Crippen LogP contribution in [-0.4, -0.2) is 51.0 Å². The minimum Gasteiger partial charge on any atom is -0.357 e. The van der Waals surface area contributed by atoms with Gasteiger partial charge in [-0.25, -0.2) is 8.42 Å². The molecule has 7 nitrogen and oxygen atoms in total. The van der Waals surface area contributed by atoms with Gasteiger partial charge in [-0.15, -0.1) is 0 Å². The summed E-state index contributed by atoms with van der Waals surface area (Å²) in [6.07, 6.45) is -3.94. The average molecular weight is 582 g/mol. The van der Waals surface area contributed by atoms with E-state index in [0.29, 0.717) is 15.9 Å². The molecular formula is C27H27ClF3N3O4S. The second-order valence-electron chi connectivity index (χ2n) is 8.76. The summed E-state index contributed by atoms with van der Waals surface area (Å²) in [7, 11) is -2.81. The number of benzene rings is 3. The molecule has 3 rings (SSSR count). The number of nitrogens with one attached hydrogen (secondary N) is 1. The molecule has 0 aliphatic carbocycles. The molecule has 0 aromatic heterocycles. The first-order valence-corrected chi connectivity index (χ1v) is 14.0. The predicted molar refractivity (Wildman–Crippen MR) is 144 cm³/mol. The van der Waals surface area contributed by atoms with Gasteiger partial charge in [0.2, 0.25) is 21.8 Å². The van der Waals surface area contributed by atoms with Crippen LogP contribution in [0, 0.1) is 0 Å². The van der Waals surface area contributed by atoms with E-state index in [0.717, 1.165) is 24.0 Å². The van der Waals surface area contributed by atoms with Crippen LogP contribution in [0.15, 0.2) is 78.9 Å². The number of hydrogen-bond acceptors (Lipinski definition) is 4. The smallest absolute Gasteiger partial charge is 0.357 e. The Balaban J connectivity index is 2.05. The summed E-state index contributed by atoms with van der Waals surface area (Å²) >= 11 is 5.71. The van der Waals surface area contributed by atoms with Crippen LogP contribution in [0.2, 0.25) is 5.02 Å². The largest absolute Gasteiger partial charge is 0.417 e. The summed E-state index contributed by atoms with van der Waals surface area (Å²) in [5.41, 5.74) is -0.202. The molecule has 0 saturated heterocycles. The molecule has 0 unspecified atom stereocenters. The number of anilines is 1. The zero-order valence-corrected chi connectivity index (χ0v) is 22.7. The summed E-state index contributed by atoms with van der Waals surface area (Å²) in [6, 6.07) is 19.3. The molecule has 0 spiro atoms. The lowest BCUT2D eigenvalue weighted by atomic mass is 10.0.